The lowest BCUT2D eigenvalue weighted by molar-refractivity contribution is -0.139. The van der Waals surface area contributed by atoms with Gasteiger partial charge in [0, 0.05) is 30.9 Å². The summed E-state index contributed by atoms with van der Waals surface area (Å²) >= 11 is 0. The van der Waals surface area contributed by atoms with E-state index in [2.05, 4.69) is 15.2 Å². The van der Waals surface area contributed by atoms with Crippen LogP contribution in [0.5, 0.6) is 0 Å². The molecule has 2 aromatic carbocycles. The lowest BCUT2D eigenvalue weighted by atomic mass is 10.1. The van der Waals surface area contributed by atoms with Crippen molar-refractivity contribution in [2.24, 2.45) is 10.9 Å². The third kappa shape index (κ3) is 6.70. The molecule has 1 saturated heterocycles. The Bertz CT molecular complexity index is 1240. The number of amidine groups is 1. The molecule has 2 amide bonds. The van der Waals surface area contributed by atoms with E-state index in [9.17, 15) is 27.9 Å². The number of oxime groups is 1. The lowest BCUT2D eigenvalue weighted by Crippen LogP contribution is -2.54. The van der Waals surface area contributed by atoms with Crippen LogP contribution in [0, 0.1) is 0 Å². The van der Waals surface area contributed by atoms with Gasteiger partial charge in [-0.1, -0.05) is 23.4 Å². The van der Waals surface area contributed by atoms with Crippen molar-refractivity contribution in [3.05, 3.63) is 60.2 Å². The van der Waals surface area contributed by atoms with Gasteiger partial charge in [-0.15, -0.1) is 0 Å². The third-order valence-corrected chi connectivity index (χ3v) is 6.93. The van der Waals surface area contributed by atoms with E-state index in [0.29, 0.717) is 12.1 Å². The Labute approximate surface area is 207 Å². The summed E-state index contributed by atoms with van der Waals surface area (Å²) < 4.78 is 26.9. The van der Waals surface area contributed by atoms with Gasteiger partial charge >= 0.3 is 5.97 Å². The first-order chi connectivity index (χ1) is 17.1. The molecule has 14 heteroatoms. The maximum Gasteiger partial charge on any atom is 0.323 e. The molecule has 0 radical (unpaired) electrons. The second-order valence-electron chi connectivity index (χ2n) is 7.90. The average Bonchev–Trinajstić information content (AvgIpc) is 2.87. The first kappa shape index (κ1) is 26.4. The fourth-order valence-electron chi connectivity index (χ4n) is 3.48. The van der Waals surface area contributed by atoms with Crippen molar-refractivity contribution in [1.82, 2.24) is 14.9 Å². The second-order valence-corrected chi connectivity index (χ2v) is 9.61. The summed E-state index contributed by atoms with van der Waals surface area (Å²) in [5, 5.41) is 23.4. The third-order valence-electron chi connectivity index (χ3n) is 5.44. The number of carboxylic acids is 1. The number of sulfonamides is 1. The summed E-state index contributed by atoms with van der Waals surface area (Å²) in [6.07, 6.45) is 0. The van der Waals surface area contributed by atoms with Crippen LogP contribution < -0.4 is 20.7 Å². The first-order valence-corrected chi connectivity index (χ1v) is 12.3. The number of nitrogens with one attached hydrogen (secondary N) is 2. The number of carbonyl (C=O) groups is 3. The van der Waals surface area contributed by atoms with Crippen molar-refractivity contribution in [1.29, 1.82) is 0 Å². The molecule has 0 bridgehead atoms. The summed E-state index contributed by atoms with van der Waals surface area (Å²) in [6, 6.07) is 12.4. The Morgan fingerprint density at radius 3 is 2.33 bits per heavy atom. The zero-order valence-electron chi connectivity index (χ0n) is 19.1. The van der Waals surface area contributed by atoms with Gasteiger partial charge in [-0.05, 0) is 36.4 Å². The molecular formula is C22H26N6O7S. The molecule has 1 atom stereocenters. The van der Waals surface area contributed by atoms with Crippen molar-refractivity contribution >= 4 is 39.3 Å². The van der Waals surface area contributed by atoms with Crippen molar-refractivity contribution in [2.45, 2.75) is 10.9 Å². The highest BCUT2D eigenvalue weighted by molar-refractivity contribution is 7.89. The smallest absolute Gasteiger partial charge is 0.323 e. The molecule has 0 aliphatic carbocycles. The predicted molar refractivity (Wildman–Crippen MR) is 129 cm³/mol. The maximum atomic E-state index is 12.6. The minimum Gasteiger partial charge on any atom is -0.480 e. The van der Waals surface area contributed by atoms with Crippen molar-refractivity contribution < 1.29 is 33.1 Å². The molecule has 3 rings (SSSR count). The minimum absolute atomic E-state index is 0.0187. The number of aliphatic carboxylic acids is 1. The van der Waals surface area contributed by atoms with Crippen molar-refractivity contribution in [3.63, 3.8) is 0 Å². The van der Waals surface area contributed by atoms with Gasteiger partial charge in [0.1, 0.15) is 6.04 Å². The van der Waals surface area contributed by atoms with Gasteiger partial charge in [0.15, 0.2) is 5.84 Å². The molecule has 1 heterocycles. The van der Waals surface area contributed by atoms with Gasteiger partial charge in [-0.2, -0.15) is 4.72 Å². The van der Waals surface area contributed by atoms with Gasteiger partial charge in [-0.25, -0.2) is 8.42 Å². The number of carboxylic acid groups (broad SMARTS) is 1. The fourth-order valence-corrected chi connectivity index (χ4v) is 4.69. The van der Waals surface area contributed by atoms with Crippen LogP contribution in [-0.4, -0.2) is 86.0 Å². The summed E-state index contributed by atoms with van der Waals surface area (Å²) in [6.45, 7) is -0.0908. The number of benzene rings is 2. The molecule has 1 aliphatic heterocycles. The molecule has 192 valence electrons. The van der Waals surface area contributed by atoms with Gasteiger partial charge < -0.3 is 31.2 Å². The maximum absolute atomic E-state index is 12.6. The number of carbonyl (C=O) groups excluding carboxylic acids is 2. The molecule has 13 nitrogen and oxygen atoms in total. The van der Waals surface area contributed by atoms with E-state index in [-0.39, 0.29) is 36.3 Å². The lowest BCUT2D eigenvalue weighted by Gasteiger charge is -2.35. The topological polar surface area (TPSA) is 195 Å². The molecule has 6 N–H and O–H groups in total. The number of nitrogens with two attached hydrogens (primary N) is 1. The van der Waals surface area contributed by atoms with Crippen LogP contribution in [0.1, 0.15) is 5.56 Å². The van der Waals surface area contributed by atoms with Crippen LogP contribution in [0.4, 0.5) is 5.69 Å². The van der Waals surface area contributed by atoms with Crippen LogP contribution in [-0.2, 0) is 24.4 Å². The first-order valence-electron chi connectivity index (χ1n) is 10.8. The number of amides is 2. The molecule has 1 aliphatic rings. The normalized spacial score (nSPS) is 15.4. The zero-order valence-corrected chi connectivity index (χ0v) is 19.9. The van der Waals surface area contributed by atoms with Crippen LogP contribution in [0.25, 0.3) is 0 Å². The molecule has 0 aromatic heterocycles. The Kier molecular flexibility index (Phi) is 8.45. The molecule has 0 unspecified atom stereocenters. The van der Waals surface area contributed by atoms with E-state index in [4.69, 9.17) is 10.9 Å². The Morgan fingerprint density at radius 2 is 1.75 bits per heavy atom. The molecule has 0 saturated carbocycles. The minimum atomic E-state index is -4.11. The number of hydrogen-bond acceptors (Lipinski definition) is 8. The summed E-state index contributed by atoms with van der Waals surface area (Å²) in [4.78, 5) is 39.5. The van der Waals surface area contributed by atoms with Crippen molar-refractivity contribution in [3.8, 4) is 0 Å². The van der Waals surface area contributed by atoms with E-state index < -0.39 is 34.5 Å². The van der Waals surface area contributed by atoms with E-state index in [1.165, 1.54) is 29.2 Å². The summed E-state index contributed by atoms with van der Waals surface area (Å²) in [5.41, 5.74) is 6.82. The van der Waals surface area contributed by atoms with Crippen LogP contribution in [0.2, 0.25) is 0 Å². The highest BCUT2D eigenvalue weighted by Gasteiger charge is 2.28. The van der Waals surface area contributed by atoms with E-state index in [1.807, 2.05) is 4.90 Å². The Balaban J connectivity index is 1.52. The quantitative estimate of drug-likeness (QED) is 0.113. The van der Waals surface area contributed by atoms with Crippen LogP contribution >= 0.6 is 0 Å². The number of nitrogens with zero attached hydrogens (tertiary/aromatic N) is 3. The van der Waals surface area contributed by atoms with Crippen LogP contribution in [0.15, 0.2) is 64.6 Å². The Hall–Kier alpha value is -4.17. The number of piperazine rings is 1. The van der Waals surface area contributed by atoms with Crippen molar-refractivity contribution in [2.75, 3.05) is 37.6 Å². The highest BCUT2D eigenvalue weighted by Crippen LogP contribution is 2.18. The average molecular weight is 519 g/mol. The van der Waals surface area contributed by atoms with E-state index >= 15 is 0 Å². The van der Waals surface area contributed by atoms with Gasteiger partial charge in [0.25, 0.3) is 0 Å². The van der Waals surface area contributed by atoms with Crippen LogP contribution in [0.3, 0.4) is 0 Å². The zero-order chi connectivity index (χ0) is 26.3. The molecule has 36 heavy (non-hydrogen) atoms. The standard InChI is InChI=1S/C22H26N6O7S/c23-21(25-33)15-6-8-16(9-7-15)27-10-11-28(20(30)14-27)13-19(29)24-12-18(22(31)32)26-36(34,35)17-4-2-1-3-5-17/h1-9,18,26,33H,10-14H2,(H2,23,25)(H,24,29)(H,31,32)/t18-/m0/s1. The van der Waals surface area contributed by atoms with E-state index in [0.717, 1.165) is 5.69 Å². The number of hydrogen-bond donors (Lipinski definition) is 5. The molecule has 2 aromatic rings. The number of rotatable bonds is 10. The number of anilines is 1. The van der Waals surface area contributed by atoms with E-state index in [1.54, 1.807) is 30.3 Å². The monoisotopic (exact) mass is 518 g/mol. The largest absolute Gasteiger partial charge is 0.480 e. The summed E-state index contributed by atoms with van der Waals surface area (Å²) in [5.74, 6) is -2.43. The predicted octanol–water partition coefficient (Wildman–Crippen LogP) is -1.02. The molecular weight excluding hydrogens is 492 g/mol. The second kappa shape index (κ2) is 11.5. The summed E-state index contributed by atoms with van der Waals surface area (Å²) in [7, 11) is -4.11. The molecule has 0 spiro atoms. The Morgan fingerprint density at radius 1 is 1.08 bits per heavy atom. The van der Waals surface area contributed by atoms with Gasteiger partial charge in [0.05, 0.1) is 18.0 Å². The van der Waals surface area contributed by atoms with Gasteiger partial charge in [-0.3, -0.25) is 14.4 Å². The fraction of sp³-hybridized carbons (Fsp3) is 0.273. The molecule has 1 fully saturated rings. The SMILES string of the molecule is N/C(=N/O)c1ccc(N2CCN(CC(=O)NC[C@H](NS(=O)(=O)c3ccccc3)C(=O)O)C(=O)C2)cc1. The van der Waals surface area contributed by atoms with Gasteiger partial charge in [0.2, 0.25) is 21.8 Å². The highest BCUT2D eigenvalue weighted by atomic mass is 32.2.